The topological polar surface area (TPSA) is 124 Å². The molecule has 2 heterocycles. The number of hydrogen-bond acceptors (Lipinski definition) is 11. The summed E-state index contributed by atoms with van der Waals surface area (Å²) >= 11 is 0. The van der Waals surface area contributed by atoms with Crippen LogP contribution in [-0.4, -0.2) is 110 Å². The first-order chi connectivity index (χ1) is 35.9. The lowest BCUT2D eigenvalue weighted by Crippen LogP contribution is -2.38. The number of likely N-dealkylation sites (tertiary alicyclic amines) is 1. The molecule has 0 aromatic rings. The molecular weight excluding hydrogens is 931 g/mol. The number of hydrogen-bond donors (Lipinski definition) is 0. The average molecular weight is 1050 g/mol. The van der Waals surface area contributed by atoms with Gasteiger partial charge in [0.1, 0.15) is 12.2 Å². The number of carbonyl (C=O) groups excluding carboxylic acids is 3. The molecule has 0 aromatic carbocycles. The van der Waals surface area contributed by atoms with Crippen molar-refractivity contribution in [2.75, 3.05) is 53.1 Å². The summed E-state index contributed by atoms with van der Waals surface area (Å²) in [6.07, 6.45) is 40.7. The molecule has 2 saturated heterocycles. The highest BCUT2D eigenvalue weighted by Crippen LogP contribution is 2.29. The quantitative estimate of drug-likeness (QED) is 0.0250. The molecule has 2 aliphatic rings. The van der Waals surface area contributed by atoms with Gasteiger partial charge in [0.2, 0.25) is 4.92 Å². The van der Waals surface area contributed by atoms with E-state index in [1.807, 2.05) is 13.8 Å². The number of rotatable bonds is 50. The van der Waals surface area contributed by atoms with Crippen LogP contribution in [0.2, 0.25) is 0 Å². The van der Waals surface area contributed by atoms with Crippen LogP contribution in [0.15, 0.2) is 0 Å². The van der Waals surface area contributed by atoms with E-state index in [4.69, 9.17) is 23.8 Å². The fraction of sp³-hybridized carbons (Fsp3) is 0.952. The first kappa shape index (κ1) is 67.8. The molecule has 0 radical (unpaired) electrons. The standard InChI is InChI=1S/C62H118N3O9/c1-8-12-16-18-21-29-39-56(40-30-22-19-17-13-9-2)73-59(66)41-31-23-20-26-34-49-72-65(69)58-52-57(74-60(67)42-47-63(7)55-43-50-70-51-44-55)53-64(58)46-33-25-24-32-45-62(5,6)61(68)71-48-35-38-54(36-27-14-10-3)37-28-15-11-4/h54-58H,8-53H2,1-7H3/q+1/t57-,58+/m0/s1. The highest BCUT2D eigenvalue weighted by Gasteiger charge is 2.45. The third-order valence-corrected chi connectivity index (χ3v) is 16.1. The molecule has 2 rings (SSSR count). The van der Waals surface area contributed by atoms with Gasteiger partial charge >= 0.3 is 24.1 Å². The molecular formula is C62H118N3O9+. The Kier molecular flexibility index (Phi) is 40.9. The van der Waals surface area contributed by atoms with E-state index < -0.39 is 11.6 Å². The highest BCUT2D eigenvalue weighted by molar-refractivity contribution is 5.75. The Labute approximate surface area is 454 Å². The number of ether oxygens (including phenoxy) is 4. The van der Waals surface area contributed by atoms with Gasteiger partial charge in [-0.05, 0) is 110 Å². The Bertz CT molecular complexity index is 1370. The van der Waals surface area contributed by atoms with E-state index in [9.17, 15) is 19.3 Å². The average Bonchev–Trinajstić information content (AvgIpc) is 3.80. The third kappa shape index (κ3) is 33.8. The molecule has 2 fully saturated rings. The van der Waals surface area contributed by atoms with Crippen molar-refractivity contribution in [2.45, 2.75) is 316 Å². The van der Waals surface area contributed by atoms with E-state index in [0.29, 0.717) is 58.2 Å². The van der Waals surface area contributed by atoms with Gasteiger partial charge < -0.3 is 23.8 Å². The molecule has 12 nitrogen and oxygen atoms in total. The maximum absolute atomic E-state index is 13.6. The van der Waals surface area contributed by atoms with Gasteiger partial charge in [-0.3, -0.25) is 14.4 Å². The number of unbranched alkanes of at least 4 members (excludes halogenated alkanes) is 21. The molecule has 0 amide bonds. The predicted octanol–water partition coefficient (Wildman–Crippen LogP) is 16.0. The van der Waals surface area contributed by atoms with Crippen molar-refractivity contribution >= 4 is 17.9 Å². The van der Waals surface area contributed by atoms with E-state index >= 15 is 0 Å². The van der Waals surface area contributed by atoms with E-state index in [1.54, 1.807) is 0 Å². The molecule has 74 heavy (non-hydrogen) atoms. The summed E-state index contributed by atoms with van der Waals surface area (Å²) in [4.78, 5) is 63.7. The summed E-state index contributed by atoms with van der Waals surface area (Å²) in [6.45, 7) is 17.3. The van der Waals surface area contributed by atoms with Crippen molar-refractivity contribution < 1.29 is 43.1 Å². The summed E-state index contributed by atoms with van der Waals surface area (Å²) in [5, 5.41) is 0. The van der Waals surface area contributed by atoms with Crippen molar-refractivity contribution in [3.8, 4) is 0 Å². The molecule has 0 aliphatic carbocycles. The first-order valence-electron chi connectivity index (χ1n) is 31.6. The van der Waals surface area contributed by atoms with E-state index in [2.05, 4.69) is 44.5 Å². The maximum atomic E-state index is 13.6. The fourth-order valence-corrected chi connectivity index (χ4v) is 11.0. The number of carbonyl (C=O) groups is 3. The highest BCUT2D eigenvalue weighted by atomic mass is 16.8. The molecule has 2 aliphatic heterocycles. The van der Waals surface area contributed by atoms with Gasteiger partial charge in [0.05, 0.1) is 29.8 Å². The Hall–Kier alpha value is -2.31. The van der Waals surface area contributed by atoms with E-state index in [1.165, 1.54) is 116 Å². The Morgan fingerprint density at radius 2 is 1.15 bits per heavy atom. The van der Waals surface area contributed by atoms with Gasteiger partial charge in [-0.2, -0.15) is 0 Å². The lowest BCUT2D eigenvalue weighted by molar-refractivity contribution is -0.837. The molecule has 2 atom stereocenters. The molecule has 0 bridgehead atoms. The normalized spacial score (nSPS) is 16.7. The van der Waals surface area contributed by atoms with Gasteiger partial charge in [0.15, 0.2) is 6.61 Å². The number of esters is 3. The van der Waals surface area contributed by atoms with Crippen LogP contribution in [0.5, 0.6) is 0 Å². The molecule has 0 aromatic heterocycles. The van der Waals surface area contributed by atoms with Crippen LogP contribution >= 0.6 is 0 Å². The second-order valence-electron chi connectivity index (χ2n) is 23.4. The minimum atomic E-state index is -0.522. The van der Waals surface area contributed by atoms with Crippen molar-refractivity contribution in [3.63, 3.8) is 0 Å². The Balaban J connectivity index is 1.78. The van der Waals surface area contributed by atoms with Crippen molar-refractivity contribution in [1.82, 2.24) is 9.80 Å². The zero-order chi connectivity index (χ0) is 53.9. The Morgan fingerprint density at radius 3 is 1.78 bits per heavy atom. The summed E-state index contributed by atoms with van der Waals surface area (Å²) in [6, 6.07) is 0.419. The second-order valence-corrected chi connectivity index (χ2v) is 23.4. The summed E-state index contributed by atoms with van der Waals surface area (Å²) < 4.78 is 23.4. The van der Waals surface area contributed by atoms with Crippen LogP contribution in [0.3, 0.4) is 0 Å². The molecule has 0 saturated carbocycles. The largest absolute Gasteiger partial charge is 0.465 e. The smallest absolute Gasteiger partial charge is 0.316 e. The molecule has 0 spiro atoms. The molecule has 0 unspecified atom stereocenters. The SMILES string of the molecule is CCCCCCCCC(CCCCCCCC)OC(=O)CCCCCCCO[N+](=O)[C@@H]1C[C@H](OC(=O)CCN(C)C2CCOCC2)CN1CCCCCCC(C)(C)C(=O)OCCCC(CCCCC)CCCCC. The van der Waals surface area contributed by atoms with Crippen LogP contribution in [0.4, 0.5) is 0 Å². The summed E-state index contributed by atoms with van der Waals surface area (Å²) in [5.74, 6) is 0.383. The molecule has 0 N–H and O–H groups in total. The van der Waals surface area contributed by atoms with Crippen LogP contribution in [0, 0.1) is 16.2 Å². The molecule has 434 valence electrons. The minimum absolute atomic E-state index is 0.0503. The van der Waals surface area contributed by atoms with Crippen LogP contribution in [0.1, 0.15) is 292 Å². The summed E-state index contributed by atoms with van der Waals surface area (Å²) in [7, 11) is 2.07. The van der Waals surface area contributed by atoms with Crippen LogP contribution in [0.25, 0.3) is 0 Å². The second kappa shape index (κ2) is 44.6. The van der Waals surface area contributed by atoms with Gasteiger partial charge in [-0.25, -0.2) is 9.74 Å². The van der Waals surface area contributed by atoms with Crippen molar-refractivity contribution in [2.24, 2.45) is 11.3 Å². The Morgan fingerprint density at radius 1 is 0.622 bits per heavy atom. The fourth-order valence-electron chi connectivity index (χ4n) is 11.0. The van der Waals surface area contributed by atoms with E-state index in [0.717, 1.165) is 140 Å². The lowest BCUT2D eigenvalue weighted by Gasteiger charge is -2.30. The van der Waals surface area contributed by atoms with Crippen LogP contribution < -0.4 is 0 Å². The number of nitrogens with zero attached hydrogens (tertiary/aromatic N) is 3. The van der Waals surface area contributed by atoms with Gasteiger partial charge in [0, 0.05) is 45.3 Å². The third-order valence-electron chi connectivity index (χ3n) is 16.1. The van der Waals surface area contributed by atoms with Gasteiger partial charge in [-0.1, -0.05) is 175 Å². The zero-order valence-electron chi connectivity index (χ0n) is 49.4. The predicted molar refractivity (Wildman–Crippen MR) is 303 cm³/mol. The molecule has 12 heteroatoms. The monoisotopic (exact) mass is 1050 g/mol. The minimum Gasteiger partial charge on any atom is -0.465 e. The lowest BCUT2D eigenvalue weighted by atomic mass is 9.87. The van der Waals surface area contributed by atoms with Gasteiger partial charge in [0.25, 0.3) is 0 Å². The first-order valence-corrected chi connectivity index (χ1v) is 31.6. The van der Waals surface area contributed by atoms with E-state index in [-0.39, 0.29) is 30.1 Å². The zero-order valence-corrected chi connectivity index (χ0v) is 49.4. The van der Waals surface area contributed by atoms with Crippen LogP contribution in [-0.2, 0) is 38.2 Å². The summed E-state index contributed by atoms with van der Waals surface area (Å²) in [5.41, 5.74) is -0.518. The maximum Gasteiger partial charge on any atom is 0.316 e. The van der Waals surface area contributed by atoms with Gasteiger partial charge in [-0.15, -0.1) is 0 Å². The van der Waals surface area contributed by atoms with Crippen molar-refractivity contribution in [3.05, 3.63) is 4.91 Å². The van der Waals surface area contributed by atoms with Crippen molar-refractivity contribution in [1.29, 1.82) is 0 Å².